The fourth-order valence-corrected chi connectivity index (χ4v) is 3.85. The zero-order valence-electron chi connectivity index (χ0n) is 14.7. The second kappa shape index (κ2) is 7.82. The molecule has 0 atom stereocenters. The zero-order valence-corrected chi connectivity index (χ0v) is 15.5. The fourth-order valence-electron chi connectivity index (χ4n) is 2.89. The van der Waals surface area contributed by atoms with Crippen molar-refractivity contribution in [2.75, 3.05) is 0 Å². The maximum atomic E-state index is 13.6. The van der Waals surface area contributed by atoms with Gasteiger partial charge >= 0.3 is 0 Å². The van der Waals surface area contributed by atoms with Gasteiger partial charge in [0.1, 0.15) is 11.3 Å². The molecule has 0 aliphatic rings. The van der Waals surface area contributed by atoms with E-state index in [0.29, 0.717) is 12.3 Å². The van der Waals surface area contributed by atoms with Crippen molar-refractivity contribution >= 4 is 28.9 Å². The number of fused-ring (bicyclic) bond motifs is 1. The number of pyridine rings is 1. The zero-order chi connectivity index (χ0) is 19.5. The lowest BCUT2D eigenvalue weighted by Gasteiger charge is -2.09. The summed E-state index contributed by atoms with van der Waals surface area (Å²) in [5.74, 6) is -0.862. The van der Waals surface area contributed by atoms with Crippen molar-refractivity contribution in [1.82, 2.24) is 14.5 Å². The largest absolute Gasteiger partial charge is 0.545 e. The summed E-state index contributed by atoms with van der Waals surface area (Å²) >= 11 is 1.52. The van der Waals surface area contributed by atoms with Crippen molar-refractivity contribution in [2.45, 2.75) is 17.5 Å². The molecule has 2 aromatic heterocycles. The van der Waals surface area contributed by atoms with Crippen molar-refractivity contribution in [3.63, 3.8) is 0 Å². The Bertz CT molecular complexity index is 1140. The number of hydrogen-bond donors (Lipinski definition) is 0. The number of rotatable bonds is 6. The average molecular weight is 392 g/mol. The molecule has 0 spiro atoms. The van der Waals surface area contributed by atoms with Crippen LogP contribution >= 0.6 is 11.8 Å². The summed E-state index contributed by atoms with van der Waals surface area (Å²) in [6.07, 6.45) is 1.71. The monoisotopic (exact) mass is 392 g/mol. The van der Waals surface area contributed by atoms with E-state index in [0.717, 1.165) is 27.4 Å². The van der Waals surface area contributed by atoms with Gasteiger partial charge in [-0.3, -0.25) is 4.57 Å². The van der Waals surface area contributed by atoms with Crippen molar-refractivity contribution < 1.29 is 14.3 Å². The molecule has 0 amide bonds. The summed E-state index contributed by atoms with van der Waals surface area (Å²) in [4.78, 5) is 20.0. The second-order valence-electron chi connectivity index (χ2n) is 6.23. The highest BCUT2D eigenvalue weighted by molar-refractivity contribution is 7.98. The molecule has 0 bridgehead atoms. The van der Waals surface area contributed by atoms with E-state index >= 15 is 0 Å². The highest BCUT2D eigenvalue weighted by atomic mass is 32.2. The lowest BCUT2D eigenvalue weighted by Crippen LogP contribution is -2.21. The molecule has 5 nitrogen and oxygen atoms in total. The quantitative estimate of drug-likeness (QED) is 0.471. The Kier molecular flexibility index (Phi) is 5.08. The van der Waals surface area contributed by atoms with Gasteiger partial charge in [0, 0.05) is 11.9 Å². The van der Waals surface area contributed by atoms with E-state index < -0.39 is 5.97 Å². The predicted molar refractivity (Wildman–Crippen MR) is 103 cm³/mol. The number of nitrogens with zero attached hydrogens (tertiary/aromatic N) is 3. The molecule has 0 fully saturated rings. The van der Waals surface area contributed by atoms with E-state index in [1.54, 1.807) is 24.4 Å². The molecular formula is C21H15FN3O2S-. The third-order valence-electron chi connectivity index (χ3n) is 4.26. The van der Waals surface area contributed by atoms with E-state index in [1.807, 2.05) is 22.8 Å². The molecule has 0 saturated carbocycles. The Morgan fingerprint density at radius 3 is 2.64 bits per heavy atom. The minimum atomic E-state index is -1.19. The van der Waals surface area contributed by atoms with Crippen molar-refractivity contribution in [2.24, 2.45) is 0 Å². The Balaban J connectivity index is 1.61. The highest BCUT2D eigenvalue weighted by Gasteiger charge is 2.13. The van der Waals surface area contributed by atoms with Crippen LogP contribution in [0, 0.1) is 5.82 Å². The van der Waals surface area contributed by atoms with Gasteiger partial charge < -0.3 is 9.90 Å². The molecule has 0 N–H and O–H groups in total. The summed E-state index contributed by atoms with van der Waals surface area (Å²) in [6.45, 7) is 0.456. The Labute approximate surface area is 164 Å². The maximum Gasteiger partial charge on any atom is 0.170 e. The van der Waals surface area contributed by atoms with Crippen LogP contribution in [0.3, 0.4) is 0 Å². The first-order valence-electron chi connectivity index (χ1n) is 8.59. The molecule has 2 aromatic carbocycles. The van der Waals surface area contributed by atoms with Gasteiger partial charge in [-0.05, 0) is 41.0 Å². The Hall–Kier alpha value is -3.19. The molecule has 0 aliphatic carbocycles. The van der Waals surface area contributed by atoms with Crippen LogP contribution in [-0.4, -0.2) is 20.5 Å². The number of carboxylic acid groups (broad SMARTS) is 1. The van der Waals surface area contributed by atoms with Gasteiger partial charge in [-0.25, -0.2) is 14.4 Å². The lowest BCUT2D eigenvalue weighted by molar-refractivity contribution is -0.255. The van der Waals surface area contributed by atoms with Crippen molar-refractivity contribution in [3.05, 3.63) is 89.4 Å². The summed E-state index contributed by atoms with van der Waals surface area (Å²) in [6, 6.07) is 16.8. The molecule has 7 heteroatoms. The lowest BCUT2D eigenvalue weighted by atomic mass is 10.1. The molecule has 140 valence electrons. The van der Waals surface area contributed by atoms with Crippen LogP contribution in [0.4, 0.5) is 4.39 Å². The standard InChI is InChI=1S/C21H16FN3O2S/c22-17-4-1-3-15(11-17)12-25-19-18(5-2-10-23-19)24-21(25)28-13-14-6-8-16(9-7-14)20(26)27/h1-11H,12-13H2,(H,26,27)/p-1. The number of aromatic carboxylic acids is 1. The minimum absolute atomic E-state index is 0.149. The molecule has 0 unspecified atom stereocenters. The molecule has 2 heterocycles. The first-order valence-corrected chi connectivity index (χ1v) is 9.57. The number of thioether (sulfide) groups is 1. The number of carbonyl (C=O) groups is 1. The minimum Gasteiger partial charge on any atom is -0.545 e. The third kappa shape index (κ3) is 3.89. The average Bonchev–Trinajstić information content (AvgIpc) is 3.04. The number of hydrogen-bond acceptors (Lipinski definition) is 5. The van der Waals surface area contributed by atoms with Gasteiger partial charge in [0.2, 0.25) is 0 Å². The second-order valence-corrected chi connectivity index (χ2v) is 7.17. The van der Waals surface area contributed by atoms with Crippen LogP contribution < -0.4 is 5.11 Å². The third-order valence-corrected chi connectivity index (χ3v) is 5.30. The number of halogens is 1. The summed E-state index contributed by atoms with van der Waals surface area (Å²) in [7, 11) is 0. The Morgan fingerprint density at radius 1 is 1.07 bits per heavy atom. The molecule has 4 aromatic rings. The predicted octanol–water partition coefficient (Wildman–Crippen LogP) is 3.27. The topological polar surface area (TPSA) is 70.8 Å². The molecular weight excluding hydrogens is 377 g/mol. The summed E-state index contributed by atoms with van der Waals surface area (Å²) in [5.41, 5.74) is 3.45. The van der Waals surface area contributed by atoms with E-state index in [1.165, 1.54) is 36.0 Å². The molecule has 28 heavy (non-hydrogen) atoms. The van der Waals surface area contributed by atoms with Gasteiger partial charge in [0.15, 0.2) is 10.8 Å². The number of aromatic nitrogens is 3. The van der Waals surface area contributed by atoms with Crippen LogP contribution in [0.25, 0.3) is 11.2 Å². The number of carboxylic acids is 1. The van der Waals surface area contributed by atoms with Crippen molar-refractivity contribution in [3.8, 4) is 0 Å². The van der Waals surface area contributed by atoms with Crippen LogP contribution in [0.15, 0.2) is 72.0 Å². The van der Waals surface area contributed by atoms with Crippen LogP contribution in [0.5, 0.6) is 0 Å². The SMILES string of the molecule is O=C([O-])c1ccc(CSc2nc3cccnc3n2Cc2cccc(F)c2)cc1. The smallest absolute Gasteiger partial charge is 0.170 e. The van der Waals surface area contributed by atoms with E-state index in [4.69, 9.17) is 0 Å². The van der Waals surface area contributed by atoms with Gasteiger partial charge in [0.25, 0.3) is 0 Å². The van der Waals surface area contributed by atoms with Crippen LogP contribution in [0.1, 0.15) is 21.5 Å². The van der Waals surface area contributed by atoms with Crippen LogP contribution in [-0.2, 0) is 12.3 Å². The van der Waals surface area contributed by atoms with E-state index in [9.17, 15) is 14.3 Å². The van der Waals surface area contributed by atoms with E-state index in [2.05, 4.69) is 9.97 Å². The molecule has 0 radical (unpaired) electrons. The van der Waals surface area contributed by atoms with Gasteiger partial charge in [-0.15, -0.1) is 0 Å². The van der Waals surface area contributed by atoms with Crippen molar-refractivity contribution in [1.29, 1.82) is 0 Å². The summed E-state index contributed by atoms with van der Waals surface area (Å²) < 4.78 is 15.5. The normalized spacial score (nSPS) is 11.0. The number of imidazole rings is 1. The summed E-state index contributed by atoms with van der Waals surface area (Å²) in [5, 5.41) is 11.6. The van der Waals surface area contributed by atoms with Gasteiger partial charge in [-0.2, -0.15) is 0 Å². The number of carbonyl (C=O) groups excluding carboxylic acids is 1. The Morgan fingerprint density at radius 2 is 1.89 bits per heavy atom. The molecule has 0 saturated heterocycles. The maximum absolute atomic E-state index is 13.6. The van der Waals surface area contributed by atoms with E-state index in [-0.39, 0.29) is 11.4 Å². The number of benzene rings is 2. The van der Waals surface area contributed by atoms with Gasteiger partial charge in [0.05, 0.1) is 12.5 Å². The van der Waals surface area contributed by atoms with Gasteiger partial charge in [-0.1, -0.05) is 48.2 Å². The molecule has 4 rings (SSSR count). The first kappa shape index (κ1) is 18.2. The molecule has 0 aliphatic heterocycles. The fraction of sp³-hybridized carbons (Fsp3) is 0.0952. The highest BCUT2D eigenvalue weighted by Crippen LogP contribution is 2.27. The first-order chi connectivity index (χ1) is 13.6. The van der Waals surface area contributed by atoms with Crippen LogP contribution in [0.2, 0.25) is 0 Å².